The third-order valence-corrected chi connectivity index (χ3v) is 4.60. The molecule has 1 N–H and O–H groups in total. The average molecular weight is 472 g/mol. The molecule has 8 nitrogen and oxygen atoms in total. The van der Waals surface area contributed by atoms with Crippen LogP contribution in [0.25, 0.3) is 0 Å². The quantitative estimate of drug-likeness (QED) is 0.407. The molecule has 144 valence electrons. The number of guanidine groups is 1. The van der Waals surface area contributed by atoms with Gasteiger partial charge in [0.15, 0.2) is 5.96 Å². The molecule has 0 saturated heterocycles. The fourth-order valence-electron chi connectivity index (χ4n) is 3.27. The number of aliphatic imine (C=N–C) groups is 1. The first-order chi connectivity index (χ1) is 12.1. The largest absolute Gasteiger partial charge is 0.357 e. The molecule has 1 aliphatic heterocycles. The van der Waals surface area contributed by atoms with Crippen molar-refractivity contribution in [3.63, 3.8) is 0 Å². The van der Waals surface area contributed by atoms with E-state index in [0.717, 1.165) is 56.6 Å². The van der Waals surface area contributed by atoms with Crippen molar-refractivity contribution in [1.29, 1.82) is 0 Å². The SMILES string of the molecule is CCNC(=NCC1CCc2nnc(C)n2C1)N(C)Cc1cnn(C)c1.I. The maximum atomic E-state index is 4.88. The Kier molecular flexibility index (Phi) is 7.42. The molecule has 1 aliphatic rings. The van der Waals surface area contributed by atoms with Crippen molar-refractivity contribution in [2.24, 2.45) is 18.0 Å². The summed E-state index contributed by atoms with van der Waals surface area (Å²) < 4.78 is 4.06. The van der Waals surface area contributed by atoms with E-state index >= 15 is 0 Å². The lowest BCUT2D eigenvalue weighted by Crippen LogP contribution is -2.39. The van der Waals surface area contributed by atoms with E-state index in [2.05, 4.69) is 44.1 Å². The van der Waals surface area contributed by atoms with Gasteiger partial charge in [0.2, 0.25) is 0 Å². The van der Waals surface area contributed by atoms with E-state index in [1.54, 1.807) is 0 Å². The third-order valence-electron chi connectivity index (χ3n) is 4.60. The van der Waals surface area contributed by atoms with Crippen LogP contribution in [0, 0.1) is 12.8 Å². The number of aryl methyl sites for hydroxylation is 3. The van der Waals surface area contributed by atoms with Crippen LogP contribution in [0.4, 0.5) is 0 Å². The van der Waals surface area contributed by atoms with Crippen molar-refractivity contribution in [2.45, 2.75) is 39.8 Å². The summed E-state index contributed by atoms with van der Waals surface area (Å²) in [6, 6.07) is 0. The van der Waals surface area contributed by atoms with Gasteiger partial charge in [-0.25, -0.2) is 0 Å². The van der Waals surface area contributed by atoms with E-state index in [1.165, 1.54) is 5.56 Å². The predicted molar refractivity (Wildman–Crippen MR) is 113 cm³/mol. The lowest BCUT2D eigenvalue weighted by atomic mass is 9.99. The number of hydrogen-bond acceptors (Lipinski definition) is 4. The second kappa shape index (κ2) is 9.33. The van der Waals surface area contributed by atoms with Crippen molar-refractivity contribution in [3.8, 4) is 0 Å². The number of nitrogens with one attached hydrogen (secondary N) is 1. The summed E-state index contributed by atoms with van der Waals surface area (Å²) in [5.74, 6) is 3.59. The maximum Gasteiger partial charge on any atom is 0.193 e. The molecular formula is C17H29IN8. The molecule has 1 unspecified atom stereocenters. The van der Waals surface area contributed by atoms with Gasteiger partial charge < -0.3 is 14.8 Å². The fraction of sp³-hybridized carbons (Fsp3) is 0.647. The van der Waals surface area contributed by atoms with E-state index in [0.29, 0.717) is 5.92 Å². The highest BCUT2D eigenvalue weighted by Crippen LogP contribution is 2.20. The van der Waals surface area contributed by atoms with Gasteiger partial charge in [-0.3, -0.25) is 9.67 Å². The molecule has 3 rings (SSSR count). The van der Waals surface area contributed by atoms with Gasteiger partial charge in [0.25, 0.3) is 0 Å². The van der Waals surface area contributed by atoms with Crippen LogP contribution in [0.3, 0.4) is 0 Å². The Morgan fingerprint density at radius 3 is 2.92 bits per heavy atom. The molecule has 0 radical (unpaired) electrons. The van der Waals surface area contributed by atoms with Gasteiger partial charge in [-0.1, -0.05) is 0 Å². The zero-order valence-corrected chi connectivity index (χ0v) is 18.3. The standard InChI is InChI=1S/C17H28N8.HI/c1-5-18-17(23(3)10-15-9-20-24(4)11-15)19-8-14-6-7-16-22-21-13(2)25(16)12-14;/h9,11,14H,5-8,10,12H2,1-4H3,(H,18,19);1H. The van der Waals surface area contributed by atoms with Gasteiger partial charge in [-0.15, -0.1) is 34.2 Å². The number of hydrogen-bond donors (Lipinski definition) is 1. The Morgan fingerprint density at radius 1 is 1.42 bits per heavy atom. The minimum absolute atomic E-state index is 0. The molecule has 2 aromatic rings. The number of rotatable bonds is 5. The molecule has 1 atom stereocenters. The summed E-state index contributed by atoms with van der Waals surface area (Å²) >= 11 is 0. The molecule has 0 aromatic carbocycles. The summed E-state index contributed by atoms with van der Waals surface area (Å²) in [5, 5.41) is 16.1. The first-order valence-electron chi connectivity index (χ1n) is 8.92. The summed E-state index contributed by atoms with van der Waals surface area (Å²) in [7, 11) is 4.00. The Labute approximate surface area is 172 Å². The molecule has 0 aliphatic carbocycles. The summed E-state index contributed by atoms with van der Waals surface area (Å²) in [6.07, 6.45) is 6.05. The minimum Gasteiger partial charge on any atom is -0.357 e. The zero-order valence-electron chi connectivity index (χ0n) is 16.0. The smallest absolute Gasteiger partial charge is 0.193 e. The van der Waals surface area contributed by atoms with E-state index in [9.17, 15) is 0 Å². The third kappa shape index (κ3) is 4.95. The molecule has 26 heavy (non-hydrogen) atoms. The molecule has 0 saturated carbocycles. The van der Waals surface area contributed by atoms with Crippen LogP contribution in [-0.4, -0.2) is 55.5 Å². The monoisotopic (exact) mass is 472 g/mol. The Hall–Kier alpha value is -1.65. The second-order valence-electron chi connectivity index (χ2n) is 6.75. The van der Waals surface area contributed by atoms with Crippen molar-refractivity contribution in [1.82, 2.24) is 34.8 Å². The molecule has 2 aromatic heterocycles. The molecule has 0 spiro atoms. The fourth-order valence-corrected chi connectivity index (χ4v) is 3.27. The van der Waals surface area contributed by atoms with Crippen molar-refractivity contribution in [3.05, 3.63) is 29.6 Å². The lowest BCUT2D eigenvalue weighted by molar-refractivity contribution is 0.366. The van der Waals surface area contributed by atoms with E-state index < -0.39 is 0 Å². The van der Waals surface area contributed by atoms with Gasteiger partial charge in [0.1, 0.15) is 11.6 Å². The number of fused-ring (bicyclic) bond motifs is 1. The van der Waals surface area contributed by atoms with Gasteiger partial charge in [0, 0.05) is 58.5 Å². The van der Waals surface area contributed by atoms with Crippen molar-refractivity contribution in [2.75, 3.05) is 20.1 Å². The molecule has 0 fully saturated rings. The molecule has 9 heteroatoms. The summed E-state index contributed by atoms with van der Waals surface area (Å²) in [4.78, 5) is 7.03. The minimum atomic E-state index is 0. The first kappa shape index (κ1) is 20.7. The zero-order chi connectivity index (χ0) is 17.8. The maximum absolute atomic E-state index is 4.88. The predicted octanol–water partition coefficient (Wildman–Crippen LogP) is 1.60. The van der Waals surface area contributed by atoms with Crippen LogP contribution in [0.5, 0.6) is 0 Å². The highest BCUT2D eigenvalue weighted by atomic mass is 127. The topological polar surface area (TPSA) is 76.2 Å². The molecule has 0 amide bonds. The number of halogens is 1. The van der Waals surface area contributed by atoms with Gasteiger partial charge >= 0.3 is 0 Å². The highest BCUT2D eigenvalue weighted by Gasteiger charge is 2.21. The Morgan fingerprint density at radius 2 is 2.23 bits per heavy atom. The van der Waals surface area contributed by atoms with Crippen molar-refractivity contribution >= 4 is 29.9 Å². The Bertz CT molecular complexity index is 735. The van der Waals surface area contributed by atoms with Crippen molar-refractivity contribution < 1.29 is 0 Å². The van der Waals surface area contributed by atoms with Crippen LogP contribution in [0.2, 0.25) is 0 Å². The van der Waals surface area contributed by atoms with Gasteiger partial charge in [0.05, 0.1) is 6.20 Å². The van der Waals surface area contributed by atoms with Crippen LogP contribution < -0.4 is 5.32 Å². The Balaban J connectivity index is 0.00000243. The molecule has 0 bridgehead atoms. The lowest BCUT2D eigenvalue weighted by Gasteiger charge is -2.25. The van der Waals surface area contributed by atoms with E-state index in [1.807, 2.05) is 31.0 Å². The van der Waals surface area contributed by atoms with Gasteiger partial charge in [-0.2, -0.15) is 5.10 Å². The van der Waals surface area contributed by atoms with Crippen LogP contribution in [0.15, 0.2) is 17.4 Å². The summed E-state index contributed by atoms with van der Waals surface area (Å²) in [6.45, 7) is 7.55. The van der Waals surface area contributed by atoms with Crippen LogP contribution in [-0.2, 0) is 26.6 Å². The van der Waals surface area contributed by atoms with E-state index in [-0.39, 0.29) is 24.0 Å². The molecular weight excluding hydrogens is 443 g/mol. The van der Waals surface area contributed by atoms with Crippen LogP contribution >= 0.6 is 24.0 Å². The van der Waals surface area contributed by atoms with E-state index in [4.69, 9.17) is 4.99 Å². The highest BCUT2D eigenvalue weighted by molar-refractivity contribution is 14.0. The average Bonchev–Trinajstić information content (AvgIpc) is 3.17. The van der Waals surface area contributed by atoms with Crippen LogP contribution in [0.1, 0.15) is 30.6 Å². The van der Waals surface area contributed by atoms with Gasteiger partial charge in [-0.05, 0) is 26.2 Å². The summed E-state index contributed by atoms with van der Waals surface area (Å²) in [5.41, 5.74) is 1.18. The normalized spacial score (nSPS) is 16.8. The number of nitrogens with zero attached hydrogens (tertiary/aromatic N) is 7. The first-order valence-corrected chi connectivity index (χ1v) is 8.92. The molecule has 3 heterocycles. The second-order valence-corrected chi connectivity index (χ2v) is 6.75. The number of aromatic nitrogens is 5.